The van der Waals surface area contributed by atoms with E-state index in [0.717, 1.165) is 6.42 Å². The molecule has 0 aliphatic carbocycles. The number of rotatable bonds is 10. The molecule has 16 heavy (non-hydrogen) atoms. The second-order valence-electron chi connectivity index (χ2n) is 4.94. The lowest BCUT2D eigenvalue weighted by atomic mass is 10.1. The van der Waals surface area contributed by atoms with E-state index >= 15 is 0 Å². The highest BCUT2D eigenvalue weighted by atomic mass is 28.3. The summed E-state index contributed by atoms with van der Waals surface area (Å²) in [5.41, 5.74) is 5.11. The fraction of sp³-hybridized carbons (Fsp3) is 0.923. The van der Waals surface area contributed by atoms with E-state index in [1.54, 1.807) is 0 Å². The minimum atomic E-state index is -0.891. The molecule has 0 saturated carbocycles. The van der Waals surface area contributed by atoms with Crippen LogP contribution < -0.4 is 5.73 Å². The third kappa shape index (κ3) is 6.31. The zero-order chi connectivity index (χ0) is 12.4. The SMILES string of the molecule is CC[Si](CC)(CC)CCCCCCC(N)=O. The van der Waals surface area contributed by atoms with Gasteiger partial charge < -0.3 is 5.73 Å². The Hall–Kier alpha value is -0.313. The van der Waals surface area contributed by atoms with Crippen LogP contribution in [0.1, 0.15) is 52.9 Å². The van der Waals surface area contributed by atoms with Crippen LogP contribution in [0.3, 0.4) is 0 Å². The van der Waals surface area contributed by atoms with Crippen LogP contribution in [0.15, 0.2) is 0 Å². The molecule has 2 nitrogen and oxygen atoms in total. The molecule has 2 N–H and O–H groups in total. The fourth-order valence-electron chi connectivity index (χ4n) is 2.43. The number of carbonyl (C=O) groups excluding carboxylic acids is 1. The van der Waals surface area contributed by atoms with E-state index in [2.05, 4.69) is 20.8 Å². The molecule has 0 radical (unpaired) electrons. The topological polar surface area (TPSA) is 43.1 Å². The van der Waals surface area contributed by atoms with Gasteiger partial charge in [0.15, 0.2) is 0 Å². The van der Waals surface area contributed by atoms with Gasteiger partial charge in [-0.1, -0.05) is 64.2 Å². The van der Waals surface area contributed by atoms with Crippen molar-refractivity contribution >= 4 is 14.0 Å². The molecule has 0 aromatic rings. The number of primary amides is 1. The van der Waals surface area contributed by atoms with Crippen LogP contribution in [0, 0.1) is 0 Å². The van der Waals surface area contributed by atoms with Crippen molar-refractivity contribution in [2.75, 3.05) is 0 Å². The molecule has 0 aromatic carbocycles. The van der Waals surface area contributed by atoms with Crippen LogP contribution in [0.5, 0.6) is 0 Å². The number of unbranched alkanes of at least 4 members (excludes halogenated alkanes) is 3. The summed E-state index contributed by atoms with van der Waals surface area (Å²) in [6, 6.07) is 5.77. The van der Waals surface area contributed by atoms with Gasteiger partial charge in [-0.3, -0.25) is 4.79 Å². The summed E-state index contributed by atoms with van der Waals surface area (Å²) in [5.74, 6) is -0.153. The molecule has 0 atom stereocenters. The first-order valence-electron chi connectivity index (χ1n) is 6.88. The molecule has 0 aliphatic rings. The number of amides is 1. The molecule has 0 saturated heterocycles. The Morgan fingerprint density at radius 1 is 0.938 bits per heavy atom. The first kappa shape index (κ1) is 15.7. The highest BCUT2D eigenvalue weighted by Crippen LogP contribution is 2.27. The first-order chi connectivity index (χ1) is 7.60. The van der Waals surface area contributed by atoms with Crippen LogP contribution in [-0.4, -0.2) is 14.0 Å². The highest BCUT2D eigenvalue weighted by Gasteiger charge is 2.25. The van der Waals surface area contributed by atoms with E-state index in [1.165, 1.54) is 43.4 Å². The molecular weight excluding hydrogens is 214 g/mol. The molecule has 0 heterocycles. The quantitative estimate of drug-likeness (QED) is 0.458. The number of hydrogen-bond acceptors (Lipinski definition) is 1. The zero-order valence-corrected chi connectivity index (χ0v) is 12.3. The van der Waals surface area contributed by atoms with E-state index in [4.69, 9.17) is 5.73 Å². The molecule has 0 aromatic heterocycles. The third-order valence-corrected chi connectivity index (χ3v) is 10.0. The average Bonchev–Trinajstić information content (AvgIpc) is 2.29. The largest absolute Gasteiger partial charge is 0.370 e. The molecule has 0 unspecified atom stereocenters. The van der Waals surface area contributed by atoms with Crippen molar-refractivity contribution in [3.05, 3.63) is 0 Å². The summed E-state index contributed by atoms with van der Waals surface area (Å²) >= 11 is 0. The second-order valence-corrected chi connectivity index (χ2v) is 10.6. The lowest BCUT2D eigenvalue weighted by molar-refractivity contribution is -0.118. The van der Waals surface area contributed by atoms with E-state index in [1.807, 2.05) is 0 Å². The summed E-state index contributed by atoms with van der Waals surface area (Å²) < 4.78 is 0. The monoisotopic (exact) mass is 243 g/mol. The Bertz CT molecular complexity index is 182. The lowest BCUT2D eigenvalue weighted by Gasteiger charge is -2.27. The summed E-state index contributed by atoms with van der Waals surface area (Å²) in [4.78, 5) is 10.6. The summed E-state index contributed by atoms with van der Waals surface area (Å²) in [7, 11) is -0.891. The standard InChI is InChI=1S/C13H29NOSi/c1-4-16(5-2,6-3)12-10-8-7-9-11-13(14)15/h4-12H2,1-3H3,(H2,14,15). The van der Waals surface area contributed by atoms with Gasteiger partial charge >= 0.3 is 0 Å². The van der Waals surface area contributed by atoms with Gasteiger partial charge in [-0.05, 0) is 6.42 Å². The first-order valence-corrected chi connectivity index (χ1v) is 9.71. The molecule has 96 valence electrons. The Morgan fingerprint density at radius 3 is 1.88 bits per heavy atom. The Balaban J connectivity index is 3.59. The van der Waals surface area contributed by atoms with Gasteiger partial charge in [-0.15, -0.1) is 0 Å². The lowest BCUT2D eigenvalue weighted by Crippen LogP contribution is -2.30. The molecule has 3 heteroatoms. The number of hydrogen-bond donors (Lipinski definition) is 1. The summed E-state index contributed by atoms with van der Waals surface area (Å²) in [5, 5.41) is 0. The van der Waals surface area contributed by atoms with Crippen molar-refractivity contribution in [1.29, 1.82) is 0 Å². The molecule has 0 aliphatic heterocycles. The minimum Gasteiger partial charge on any atom is -0.370 e. The second kappa shape index (κ2) is 8.80. The smallest absolute Gasteiger partial charge is 0.217 e. The highest BCUT2D eigenvalue weighted by molar-refractivity contribution is 6.79. The van der Waals surface area contributed by atoms with Crippen molar-refractivity contribution in [1.82, 2.24) is 0 Å². The minimum absolute atomic E-state index is 0.153. The maximum Gasteiger partial charge on any atom is 0.217 e. The van der Waals surface area contributed by atoms with Gasteiger partial charge in [-0.2, -0.15) is 0 Å². The third-order valence-electron chi connectivity index (χ3n) is 4.13. The molecular formula is C13H29NOSi. The van der Waals surface area contributed by atoms with Gasteiger partial charge in [-0.25, -0.2) is 0 Å². The van der Waals surface area contributed by atoms with Gasteiger partial charge in [0.2, 0.25) is 5.91 Å². The van der Waals surface area contributed by atoms with Crippen molar-refractivity contribution < 1.29 is 4.79 Å². The van der Waals surface area contributed by atoms with Crippen LogP contribution in [0.2, 0.25) is 24.2 Å². The molecule has 0 spiro atoms. The maximum atomic E-state index is 10.6. The van der Waals surface area contributed by atoms with Crippen molar-refractivity contribution in [2.45, 2.75) is 77.1 Å². The normalized spacial score (nSPS) is 11.7. The van der Waals surface area contributed by atoms with Crippen LogP contribution in [0.4, 0.5) is 0 Å². The van der Waals surface area contributed by atoms with Crippen LogP contribution in [-0.2, 0) is 4.79 Å². The van der Waals surface area contributed by atoms with E-state index < -0.39 is 8.07 Å². The van der Waals surface area contributed by atoms with Gasteiger partial charge in [0.05, 0.1) is 8.07 Å². The van der Waals surface area contributed by atoms with Crippen molar-refractivity contribution in [2.24, 2.45) is 5.73 Å². The van der Waals surface area contributed by atoms with Crippen LogP contribution >= 0.6 is 0 Å². The van der Waals surface area contributed by atoms with Crippen molar-refractivity contribution in [3.63, 3.8) is 0 Å². The number of carbonyl (C=O) groups is 1. The fourth-order valence-corrected chi connectivity index (χ4v) is 5.99. The van der Waals surface area contributed by atoms with Crippen LogP contribution in [0.25, 0.3) is 0 Å². The predicted molar refractivity (Wildman–Crippen MR) is 74.3 cm³/mol. The summed E-state index contributed by atoms with van der Waals surface area (Å²) in [6.07, 6.45) is 5.36. The average molecular weight is 243 g/mol. The number of nitrogens with two attached hydrogens (primary N) is 1. The maximum absolute atomic E-state index is 10.6. The van der Waals surface area contributed by atoms with E-state index in [9.17, 15) is 4.79 Å². The Labute approximate surface area is 102 Å². The molecule has 1 amide bonds. The van der Waals surface area contributed by atoms with E-state index in [-0.39, 0.29) is 5.91 Å². The molecule has 0 bridgehead atoms. The zero-order valence-electron chi connectivity index (χ0n) is 11.3. The Kier molecular flexibility index (Phi) is 8.62. The molecule has 0 rings (SSSR count). The van der Waals surface area contributed by atoms with E-state index in [0.29, 0.717) is 6.42 Å². The Morgan fingerprint density at radius 2 is 1.44 bits per heavy atom. The predicted octanol–water partition coefficient (Wildman–Crippen LogP) is 3.93. The molecule has 0 fully saturated rings. The van der Waals surface area contributed by atoms with Gasteiger partial charge in [0.25, 0.3) is 0 Å². The summed E-state index contributed by atoms with van der Waals surface area (Å²) in [6.45, 7) is 7.10. The van der Waals surface area contributed by atoms with Gasteiger partial charge in [0.1, 0.15) is 0 Å². The van der Waals surface area contributed by atoms with Gasteiger partial charge in [0, 0.05) is 6.42 Å². The van der Waals surface area contributed by atoms with Crippen molar-refractivity contribution in [3.8, 4) is 0 Å².